The van der Waals surface area contributed by atoms with Gasteiger partial charge in [-0.05, 0) is 42.5 Å². The lowest BCUT2D eigenvalue weighted by Gasteiger charge is -2.26. The molecule has 0 fully saturated rings. The lowest BCUT2D eigenvalue weighted by molar-refractivity contribution is 0.0934. The van der Waals surface area contributed by atoms with Crippen LogP contribution in [0, 0.1) is 0 Å². The van der Waals surface area contributed by atoms with E-state index in [0.29, 0.717) is 5.56 Å². The molecule has 1 heterocycles. The summed E-state index contributed by atoms with van der Waals surface area (Å²) in [6, 6.07) is 28.3. The van der Waals surface area contributed by atoms with Crippen molar-refractivity contribution in [3.8, 4) is 11.3 Å². The smallest absolute Gasteiger partial charge is 0.252 e. The van der Waals surface area contributed by atoms with Gasteiger partial charge >= 0.3 is 0 Å². The first-order chi connectivity index (χ1) is 14.3. The van der Waals surface area contributed by atoms with E-state index in [-0.39, 0.29) is 11.9 Å². The zero-order chi connectivity index (χ0) is 19.6. The van der Waals surface area contributed by atoms with Crippen molar-refractivity contribution in [3.05, 3.63) is 102 Å². The molecule has 1 aliphatic carbocycles. The van der Waals surface area contributed by atoms with Gasteiger partial charge in [-0.25, -0.2) is 4.98 Å². The molecule has 0 radical (unpaired) electrons. The third-order valence-electron chi connectivity index (χ3n) is 5.71. The number of benzene rings is 3. The minimum atomic E-state index is -0.0394. The van der Waals surface area contributed by atoms with Gasteiger partial charge in [-0.2, -0.15) is 0 Å². The van der Waals surface area contributed by atoms with Crippen LogP contribution in [0.2, 0.25) is 0 Å². The van der Waals surface area contributed by atoms with Gasteiger partial charge in [-0.15, -0.1) is 0 Å². The lowest BCUT2D eigenvalue weighted by Crippen LogP contribution is -2.31. The van der Waals surface area contributed by atoms with E-state index in [1.165, 1.54) is 11.1 Å². The molecule has 0 bridgehead atoms. The molecule has 1 aliphatic rings. The van der Waals surface area contributed by atoms with Crippen molar-refractivity contribution in [1.29, 1.82) is 0 Å². The second-order valence-corrected chi connectivity index (χ2v) is 7.56. The summed E-state index contributed by atoms with van der Waals surface area (Å²) in [5.74, 6) is -0.0394. The molecule has 0 saturated heterocycles. The fraction of sp³-hybridized carbons (Fsp3) is 0.154. The Morgan fingerprint density at radius 3 is 2.55 bits per heavy atom. The fourth-order valence-electron chi connectivity index (χ4n) is 4.26. The average Bonchev–Trinajstić information content (AvgIpc) is 2.79. The van der Waals surface area contributed by atoms with E-state index in [9.17, 15) is 4.79 Å². The predicted molar refractivity (Wildman–Crippen MR) is 117 cm³/mol. The van der Waals surface area contributed by atoms with Crippen LogP contribution in [0.5, 0.6) is 0 Å². The zero-order valence-electron chi connectivity index (χ0n) is 16.1. The summed E-state index contributed by atoms with van der Waals surface area (Å²) in [6.45, 7) is 0. The number of carbonyl (C=O) groups is 1. The van der Waals surface area contributed by atoms with E-state index in [1.54, 1.807) is 0 Å². The van der Waals surface area contributed by atoms with Gasteiger partial charge in [-0.3, -0.25) is 4.79 Å². The normalized spacial score (nSPS) is 15.7. The van der Waals surface area contributed by atoms with Gasteiger partial charge in [0.25, 0.3) is 5.91 Å². The second kappa shape index (κ2) is 7.51. The molecule has 0 aliphatic heterocycles. The van der Waals surface area contributed by atoms with Gasteiger partial charge in [0.1, 0.15) is 0 Å². The molecule has 0 saturated carbocycles. The Bertz CT molecular complexity index is 1180. The number of amides is 1. The van der Waals surface area contributed by atoms with Crippen LogP contribution in [-0.2, 0) is 6.42 Å². The van der Waals surface area contributed by atoms with E-state index >= 15 is 0 Å². The van der Waals surface area contributed by atoms with Gasteiger partial charge < -0.3 is 5.32 Å². The number of hydrogen-bond acceptors (Lipinski definition) is 2. The summed E-state index contributed by atoms with van der Waals surface area (Å²) in [5.41, 5.74) is 5.93. The van der Waals surface area contributed by atoms with Crippen LogP contribution in [0.3, 0.4) is 0 Å². The molecule has 1 aromatic heterocycles. The maximum atomic E-state index is 13.4. The Balaban J connectivity index is 1.55. The zero-order valence-corrected chi connectivity index (χ0v) is 16.1. The van der Waals surface area contributed by atoms with Crippen molar-refractivity contribution in [2.24, 2.45) is 0 Å². The highest BCUT2D eigenvalue weighted by Crippen LogP contribution is 2.31. The molecule has 0 spiro atoms. The maximum absolute atomic E-state index is 13.4. The molecule has 142 valence electrons. The molecular weight excluding hydrogens is 356 g/mol. The number of aryl methyl sites for hydroxylation is 1. The monoisotopic (exact) mass is 378 g/mol. The third kappa shape index (κ3) is 3.40. The largest absolute Gasteiger partial charge is 0.345 e. The molecule has 1 atom stereocenters. The Morgan fingerprint density at radius 1 is 0.897 bits per heavy atom. The number of fused-ring (bicyclic) bond motifs is 2. The number of para-hydroxylation sites is 1. The Kier molecular flexibility index (Phi) is 4.57. The Morgan fingerprint density at radius 2 is 1.66 bits per heavy atom. The quantitative estimate of drug-likeness (QED) is 0.496. The van der Waals surface area contributed by atoms with E-state index in [0.717, 1.165) is 41.4 Å². The highest BCUT2D eigenvalue weighted by molar-refractivity contribution is 6.07. The number of aromatic nitrogens is 1. The number of nitrogens with zero attached hydrogens (tertiary/aromatic N) is 1. The van der Waals surface area contributed by atoms with Crippen molar-refractivity contribution in [2.45, 2.75) is 25.3 Å². The topological polar surface area (TPSA) is 42.0 Å². The van der Waals surface area contributed by atoms with Gasteiger partial charge in [0, 0.05) is 10.9 Å². The minimum absolute atomic E-state index is 0.0394. The van der Waals surface area contributed by atoms with Crippen molar-refractivity contribution in [3.63, 3.8) is 0 Å². The van der Waals surface area contributed by atoms with E-state index in [2.05, 4.69) is 29.6 Å². The molecule has 1 amide bonds. The number of hydrogen-bond donors (Lipinski definition) is 1. The molecule has 3 heteroatoms. The molecule has 4 aromatic rings. The first kappa shape index (κ1) is 17.6. The summed E-state index contributed by atoms with van der Waals surface area (Å²) in [5, 5.41) is 4.18. The Labute approximate surface area is 170 Å². The molecule has 5 rings (SSSR count). The van der Waals surface area contributed by atoms with Crippen LogP contribution >= 0.6 is 0 Å². The number of rotatable bonds is 3. The van der Waals surface area contributed by atoms with Crippen LogP contribution in [0.1, 0.15) is 40.4 Å². The molecule has 3 aromatic carbocycles. The third-order valence-corrected chi connectivity index (χ3v) is 5.71. The van der Waals surface area contributed by atoms with Crippen molar-refractivity contribution in [1.82, 2.24) is 10.3 Å². The SMILES string of the molecule is O=C(N[C@@H]1CCCc2ccccc21)c1cc(-c2ccccc2)nc2ccccc12. The van der Waals surface area contributed by atoms with Gasteiger partial charge in [0.05, 0.1) is 22.8 Å². The van der Waals surface area contributed by atoms with Crippen LogP contribution < -0.4 is 5.32 Å². The molecule has 29 heavy (non-hydrogen) atoms. The summed E-state index contributed by atoms with van der Waals surface area (Å²) in [4.78, 5) is 18.2. The lowest BCUT2D eigenvalue weighted by atomic mass is 9.87. The van der Waals surface area contributed by atoms with Crippen molar-refractivity contribution in [2.75, 3.05) is 0 Å². The molecule has 1 N–H and O–H groups in total. The predicted octanol–water partition coefficient (Wildman–Crippen LogP) is 5.71. The minimum Gasteiger partial charge on any atom is -0.345 e. The highest BCUT2D eigenvalue weighted by atomic mass is 16.1. The Hall–Kier alpha value is -3.46. The van der Waals surface area contributed by atoms with E-state index in [1.807, 2.05) is 60.7 Å². The molecule has 0 unspecified atom stereocenters. The number of carbonyl (C=O) groups excluding carboxylic acids is 1. The van der Waals surface area contributed by atoms with Gasteiger partial charge in [0.2, 0.25) is 0 Å². The van der Waals surface area contributed by atoms with Crippen LogP contribution in [0.4, 0.5) is 0 Å². The second-order valence-electron chi connectivity index (χ2n) is 7.56. The maximum Gasteiger partial charge on any atom is 0.252 e. The first-order valence-corrected chi connectivity index (χ1v) is 10.1. The standard InChI is InChI=1S/C26H22N2O/c29-26(28-23-16-8-12-18-9-4-5-13-20(18)23)22-17-25(19-10-2-1-3-11-19)27-24-15-7-6-14-21(22)24/h1-7,9-11,13-15,17,23H,8,12,16H2,(H,28,29)/t23-/m1/s1. The van der Waals surface area contributed by atoms with Crippen LogP contribution in [0.25, 0.3) is 22.2 Å². The summed E-state index contributed by atoms with van der Waals surface area (Å²) >= 11 is 0. The summed E-state index contributed by atoms with van der Waals surface area (Å²) < 4.78 is 0. The molecular formula is C26H22N2O. The van der Waals surface area contributed by atoms with E-state index in [4.69, 9.17) is 4.98 Å². The van der Waals surface area contributed by atoms with Gasteiger partial charge in [0.15, 0.2) is 0 Å². The van der Waals surface area contributed by atoms with Crippen LogP contribution in [-0.4, -0.2) is 10.9 Å². The first-order valence-electron chi connectivity index (χ1n) is 10.1. The summed E-state index contributed by atoms with van der Waals surface area (Å²) in [7, 11) is 0. The number of pyridine rings is 1. The van der Waals surface area contributed by atoms with Crippen molar-refractivity contribution >= 4 is 16.8 Å². The summed E-state index contributed by atoms with van der Waals surface area (Å²) in [6.07, 6.45) is 3.14. The van der Waals surface area contributed by atoms with Crippen LogP contribution in [0.15, 0.2) is 84.9 Å². The van der Waals surface area contributed by atoms with Crippen molar-refractivity contribution < 1.29 is 4.79 Å². The molecule has 3 nitrogen and oxygen atoms in total. The average molecular weight is 378 g/mol. The fourth-order valence-corrected chi connectivity index (χ4v) is 4.26. The number of nitrogens with one attached hydrogen (secondary N) is 1. The highest BCUT2D eigenvalue weighted by Gasteiger charge is 2.23. The van der Waals surface area contributed by atoms with Gasteiger partial charge in [-0.1, -0.05) is 72.8 Å². The van der Waals surface area contributed by atoms with E-state index < -0.39 is 0 Å².